The van der Waals surface area contributed by atoms with E-state index >= 15 is 0 Å². The molecule has 2 aromatic carbocycles. The molecule has 1 aliphatic rings. The van der Waals surface area contributed by atoms with Crippen molar-refractivity contribution in [3.63, 3.8) is 0 Å². The van der Waals surface area contributed by atoms with Crippen LogP contribution in [0.1, 0.15) is 49.2 Å². The van der Waals surface area contributed by atoms with Crippen LogP contribution in [-0.4, -0.2) is 33.6 Å². The van der Waals surface area contributed by atoms with E-state index in [4.69, 9.17) is 21.1 Å². The minimum absolute atomic E-state index is 0.0156. The van der Waals surface area contributed by atoms with Crippen molar-refractivity contribution in [2.45, 2.75) is 44.2 Å². The fourth-order valence-corrected chi connectivity index (χ4v) is 4.64. The van der Waals surface area contributed by atoms with E-state index in [9.17, 15) is 13.2 Å². The Hall–Kier alpha value is -2.29. The highest BCUT2D eigenvalue weighted by atomic mass is 35.5. The van der Waals surface area contributed by atoms with Crippen LogP contribution in [0.2, 0.25) is 5.02 Å². The van der Waals surface area contributed by atoms with Crippen molar-refractivity contribution in [3.05, 3.63) is 52.5 Å². The molecule has 0 spiro atoms. The topological polar surface area (TPSA) is 93.7 Å². The normalized spacial score (nSPS) is 14.4. The number of rotatable bonds is 7. The molecule has 1 aliphatic heterocycles. The van der Waals surface area contributed by atoms with E-state index < -0.39 is 15.9 Å². The van der Waals surface area contributed by atoms with E-state index in [-0.39, 0.29) is 27.6 Å². The minimum atomic E-state index is -3.75. The summed E-state index contributed by atoms with van der Waals surface area (Å²) in [6.07, 6.45) is 0.621. The molecule has 0 fully saturated rings. The Labute approximate surface area is 181 Å². The molecule has 0 aliphatic carbocycles. The van der Waals surface area contributed by atoms with Crippen LogP contribution in [0.3, 0.4) is 0 Å². The van der Waals surface area contributed by atoms with Gasteiger partial charge in [-0.25, -0.2) is 13.1 Å². The number of nitrogens with one attached hydrogen (secondary N) is 2. The third kappa shape index (κ3) is 5.06. The van der Waals surface area contributed by atoms with Crippen LogP contribution in [0.5, 0.6) is 11.5 Å². The highest BCUT2D eigenvalue weighted by molar-refractivity contribution is 7.89. The number of benzene rings is 2. The summed E-state index contributed by atoms with van der Waals surface area (Å²) < 4.78 is 38.6. The van der Waals surface area contributed by atoms with Gasteiger partial charge in [0, 0.05) is 6.04 Å². The molecule has 1 unspecified atom stereocenters. The molecule has 1 atom stereocenters. The van der Waals surface area contributed by atoms with Crippen molar-refractivity contribution in [1.29, 1.82) is 0 Å². The third-order valence-corrected chi connectivity index (χ3v) is 6.55. The number of sulfonamides is 1. The summed E-state index contributed by atoms with van der Waals surface area (Å²) >= 11 is 6.20. The molecule has 9 heteroatoms. The number of ether oxygens (including phenoxy) is 2. The molecule has 0 saturated heterocycles. The van der Waals surface area contributed by atoms with Crippen LogP contribution < -0.4 is 19.5 Å². The molecule has 30 heavy (non-hydrogen) atoms. The summed E-state index contributed by atoms with van der Waals surface area (Å²) in [5, 5.41) is 3.11. The lowest BCUT2D eigenvalue weighted by atomic mass is 10.0. The van der Waals surface area contributed by atoms with E-state index in [0.717, 1.165) is 5.56 Å². The molecule has 1 heterocycles. The van der Waals surface area contributed by atoms with Crippen LogP contribution >= 0.6 is 11.6 Å². The molecule has 2 aromatic rings. The molecule has 0 bridgehead atoms. The number of amides is 1. The van der Waals surface area contributed by atoms with Gasteiger partial charge in [-0.3, -0.25) is 4.79 Å². The van der Waals surface area contributed by atoms with Gasteiger partial charge in [0.1, 0.15) is 13.2 Å². The van der Waals surface area contributed by atoms with Gasteiger partial charge in [-0.15, -0.1) is 0 Å². The Morgan fingerprint density at radius 3 is 2.47 bits per heavy atom. The van der Waals surface area contributed by atoms with Gasteiger partial charge in [0.15, 0.2) is 11.5 Å². The monoisotopic (exact) mass is 452 g/mol. The van der Waals surface area contributed by atoms with Crippen molar-refractivity contribution >= 4 is 27.5 Å². The van der Waals surface area contributed by atoms with Crippen molar-refractivity contribution in [1.82, 2.24) is 10.0 Å². The largest absolute Gasteiger partial charge is 0.486 e. The predicted molar refractivity (Wildman–Crippen MR) is 115 cm³/mol. The minimum Gasteiger partial charge on any atom is -0.486 e. The average Bonchev–Trinajstić information content (AvgIpc) is 2.70. The molecular weight excluding hydrogens is 428 g/mol. The maximum Gasteiger partial charge on any atom is 0.253 e. The first kappa shape index (κ1) is 22.4. The number of carbonyl (C=O) groups excluding carboxylic acids is 1. The lowest BCUT2D eigenvalue weighted by molar-refractivity contribution is 0.0935. The Bertz CT molecular complexity index is 1040. The summed E-state index contributed by atoms with van der Waals surface area (Å²) in [6.45, 7) is 6.36. The second-order valence-electron chi connectivity index (χ2n) is 7.26. The molecule has 0 aromatic heterocycles. The van der Waals surface area contributed by atoms with Gasteiger partial charge >= 0.3 is 0 Å². The van der Waals surface area contributed by atoms with Gasteiger partial charge in [-0.05, 0) is 56.2 Å². The van der Waals surface area contributed by atoms with Gasteiger partial charge in [-0.1, -0.05) is 24.6 Å². The first-order valence-electron chi connectivity index (χ1n) is 9.73. The third-order valence-electron chi connectivity index (χ3n) is 4.57. The average molecular weight is 453 g/mol. The molecule has 0 radical (unpaired) electrons. The number of hydrogen-bond acceptors (Lipinski definition) is 5. The van der Waals surface area contributed by atoms with E-state index in [1.54, 1.807) is 13.8 Å². The number of carbonyl (C=O) groups is 1. The fourth-order valence-electron chi connectivity index (χ4n) is 3.16. The van der Waals surface area contributed by atoms with Gasteiger partial charge in [0.2, 0.25) is 10.0 Å². The smallest absolute Gasteiger partial charge is 0.253 e. The highest BCUT2D eigenvalue weighted by Crippen LogP contribution is 2.33. The Morgan fingerprint density at radius 1 is 1.10 bits per heavy atom. The highest BCUT2D eigenvalue weighted by Gasteiger charge is 2.22. The molecule has 7 nitrogen and oxygen atoms in total. The molecule has 0 saturated carbocycles. The maximum atomic E-state index is 12.9. The quantitative estimate of drug-likeness (QED) is 0.668. The molecular formula is C21H25ClN2O5S. The Balaban J connectivity index is 1.84. The lowest BCUT2D eigenvalue weighted by Crippen LogP contribution is -2.31. The first-order valence-corrected chi connectivity index (χ1v) is 11.6. The van der Waals surface area contributed by atoms with Crippen molar-refractivity contribution in [3.8, 4) is 11.5 Å². The van der Waals surface area contributed by atoms with Gasteiger partial charge < -0.3 is 14.8 Å². The molecule has 162 valence electrons. The van der Waals surface area contributed by atoms with Crippen LogP contribution in [0, 0.1) is 0 Å². The van der Waals surface area contributed by atoms with Gasteiger partial charge in [-0.2, -0.15) is 0 Å². The van der Waals surface area contributed by atoms with Crippen molar-refractivity contribution < 1.29 is 22.7 Å². The van der Waals surface area contributed by atoms with Crippen LogP contribution in [0.25, 0.3) is 0 Å². The van der Waals surface area contributed by atoms with Crippen LogP contribution in [-0.2, 0) is 10.0 Å². The van der Waals surface area contributed by atoms with Crippen molar-refractivity contribution in [2.24, 2.45) is 0 Å². The Morgan fingerprint density at radius 2 is 1.80 bits per heavy atom. The Kier molecular flexibility index (Phi) is 6.90. The van der Waals surface area contributed by atoms with Gasteiger partial charge in [0.05, 0.1) is 21.5 Å². The zero-order valence-electron chi connectivity index (χ0n) is 17.1. The summed E-state index contributed by atoms with van der Waals surface area (Å²) in [6, 6.07) is 9.03. The van der Waals surface area contributed by atoms with Crippen LogP contribution in [0.4, 0.5) is 0 Å². The number of fused-ring (bicyclic) bond motifs is 1. The first-order chi connectivity index (χ1) is 14.2. The fraction of sp³-hybridized carbons (Fsp3) is 0.381. The summed E-state index contributed by atoms with van der Waals surface area (Å²) in [5.74, 6) is 0.852. The van der Waals surface area contributed by atoms with Crippen molar-refractivity contribution in [2.75, 3.05) is 13.2 Å². The molecule has 3 rings (SSSR count). The van der Waals surface area contributed by atoms with E-state index in [1.807, 2.05) is 25.1 Å². The summed E-state index contributed by atoms with van der Waals surface area (Å²) in [4.78, 5) is 12.9. The summed E-state index contributed by atoms with van der Waals surface area (Å²) in [7, 11) is -3.75. The maximum absolute atomic E-state index is 12.9. The SMILES string of the molecule is CCC(NC(=O)c1cc(S(=O)(=O)NC(C)C)ccc1Cl)c1ccc2c(c1)OCCO2. The number of hydrogen-bond donors (Lipinski definition) is 2. The standard InChI is InChI=1S/C21H25ClN2O5S/c1-4-18(14-5-8-19-20(11-14)29-10-9-28-19)23-21(25)16-12-15(6-7-17(16)22)30(26,27)24-13(2)3/h5-8,11-13,18,24H,4,9-10H2,1-3H3,(H,23,25). The number of halogens is 1. The molecule has 2 N–H and O–H groups in total. The zero-order valence-corrected chi connectivity index (χ0v) is 18.6. The van der Waals surface area contributed by atoms with E-state index in [2.05, 4.69) is 10.0 Å². The predicted octanol–water partition coefficient (Wildman–Crippen LogP) is 3.68. The van der Waals surface area contributed by atoms with Gasteiger partial charge in [0.25, 0.3) is 5.91 Å². The van der Waals surface area contributed by atoms with E-state index in [1.165, 1.54) is 18.2 Å². The second kappa shape index (κ2) is 9.24. The zero-order chi connectivity index (χ0) is 21.9. The second-order valence-corrected chi connectivity index (χ2v) is 9.38. The summed E-state index contributed by atoms with van der Waals surface area (Å²) in [5.41, 5.74) is 0.954. The lowest BCUT2D eigenvalue weighted by Gasteiger charge is -2.22. The molecule has 1 amide bonds. The van der Waals surface area contributed by atoms with E-state index in [0.29, 0.717) is 31.1 Å². The van der Waals surface area contributed by atoms with Crippen LogP contribution in [0.15, 0.2) is 41.3 Å².